The highest BCUT2D eigenvalue weighted by atomic mass is 35.5. The Morgan fingerprint density at radius 3 is 2.45 bits per heavy atom. The van der Waals surface area contributed by atoms with Crippen molar-refractivity contribution in [1.82, 2.24) is 4.98 Å². The first-order valence-electron chi connectivity index (χ1n) is 5.74. The van der Waals surface area contributed by atoms with Crippen molar-refractivity contribution in [3.05, 3.63) is 48.0 Å². The van der Waals surface area contributed by atoms with Gasteiger partial charge in [-0.2, -0.15) is 0 Å². The number of amidine groups is 1. The monoisotopic (exact) mass is 304 g/mol. The van der Waals surface area contributed by atoms with Crippen LogP contribution in [-0.4, -0.2) is 10.8 Å². The Balaban J connectivity index is 0.00000147. The van der Waals surface area contributed by atoms with E-state index in [1.807, 2.05) is 42.5 Å². The first-order chi connectivity index (χ1) is 9.13. The van der Waals surface area contributed by atoms with Crippen molar-refractivity contribution in [1.29, 1.82) is 5.41 Å². The van der Waals surface area contributed by atoms with Gasteiger partial charge in [0.15, 0.2) is 0 Å². The molecule has 0 atom stereocenters. The molecule has 1 aromatic heterocycles. The fourth-order valence-corrected chi connectivity index (χ4v) is 2.88. The Hall–Kier alpha value is -2.11. The van der Waals surface area contributed by atoms with E-state index in [0.717, 1.165) is 26.5 Å². The minimum absolute atomic E-state index is 0. The summed E-state index contributed by atoms with van der Waals surface area (Å²) >= 11 is 1.60. The molecule has 0 bridgehead atoms. The van der Waals surface area contributed by atoms with Gasteiger partial charge in [0.25, 0.3) is 0 Å². The van der Waals surface area contributed by atoms with Crippen LogP contribution in [0.3, 0.4) is 0 Å². The van der Waals surface area contributed by atoms with Crippen LogP contribution in [0.1, 0.15) is 5.56 Å². The summed E-state index contributed by atoms with van der Waals surface area (Å²) in [6, 6.07) is 13.2. The van der Waals surface area contributed by atoms with Crippen molar-refractivity contribution >= 4 is 45.5 Å². The molecule has 5 N–H and O–H groups in total. The molecule has 0 spiro atoms. The number of nitrogens with two attached hydrogens (primary N) is 2. The lowest BCUT2D eigenvalue weighted by Gasteiger charge is -1.99. The van der Waals surface area contributed by atoms with Gasteiger partial charge in [-0.1, -0.05) is 24.3 Å². The van der Waals surface area contributed by atoms with Gasteiger partial charge in [-0.3, -0.25) is 5.41 Å². The maximum Gasteiger partial charge on any atom is 0.124 e. The van der Waals surface area contributed by atoms with Crippen LogP contribution in [0.4, 0.5) is 5.69 Å². The van der Waals surface area contributed by atoms with Gasteiger partial charge < -0.3 is 11.5 Å². The zero-order chi connectivity index (χ0) is 13.4. The van der Waals surface area contributed by atoms with E-state index in [1.54, 1.807) is 11.3 Å². The second-order valence-electron chi connectivity index (χ2n) is 4.24. The molecular formula is C14H13ClN4S. The van der Waals surface area contributed by atoms with Gasteiger partial charge in [0, 0.05) is 16.8 Å². The van der Waals surface area contributed by atoms with Gasteiger partial charge in [0.05, 0.1) is 10.2 Å². The van der Waals surface area contributed by atoms with Gasteiger partial charge in [-0.15, -0.1) is 23.7 Å². The van der Waals surface area contributed by atoms with Crippen LogP contribution < -0.4 is 11.5 Å². The summed E-state index contributed by atoms with van der Waals surface area (Å²) in [6.07, 6.45) is 0. The maximum atomic E-state index is 7.37. The third kappa shape index (κ3) is 2.59. The quantitative estimate of drug-likeness (QED) is 0.386. The van der Waals surface area contributed by atoms with Crippen LogP contribution in [0.5, 0.6) is 0 Å². The lowest BCUT2D eigenvalue weighted by Crippen LogP contribution is -2.10. The fraction of sp³-hybridized carbons (Fsp3) is 0. The van der Waals surface area contributed by atoms with Crippen molar-refractivity contribution in [2.45, 2.75) is 0 Å². The van der Waals surface area contributed by atoms with E-state index in [4.69, 9.17) is 16.9 Å². The molecule has 0 aliphatic carbocycles. The number of halogens is 1. The molecule has 6 heteroatoms. The number of rotatable bonds is 2. The third-order valence-corrected chi connectivity index (χ3v) is 3.92. The molecule has 0 radical (unpaired) electrons. The van der Waals surface area contributed by atoms with Crippen molar-refractivity contribution in [2.24, 2.45) is 5.73 Å². The summed E-state index contributed by atoms with van der Waals surface area (Å²) in [5, 5.41) is 8.31. The van der Waals surface area contributed by atoms with E-state index in [9.17, 15) is 0 Å². The summed E-state index contributed by atoms with van der Waals surface area (Å²) in [5.74, 6) is 0.0728. The van der Waals surface area contributed by atoms with Crippen LogP contribution in [0.25, 0.3) is 20.8 Å². The molecule has 1 heterocycles. The highest BCUT2D eigenvalue weighted by Crippen LogP contribution is 2.31. The molecule has 0 amide bonds. The van der Waals surface area contributed by atoms with Crippen molar-refractivity contribution in [2.75, 3.05) is 5.73 Å². The predicted molar refractivity (Wildman–Crippen MR) is 87.7 cm³/mol. The summed E-state index contributed by atoms with van der Waals surface area (Å²) in [7, 11) is 0. The van der Waals surface area contributed by atoms with Crippen molar-refractivity contribution in [3.8, 4) is 10.6 Å². The number of aromatic nitrogens is 1. The lowest BCUT2D eigenvalue weighted by atomic mass is 10.1. The Morgan fingerprint density at radius 2 is 1.80 bits per heavy atom. The Morgan fingerprint density at radius 1 is 1.10 bits per heavy atom. The first-order valence-corrected chi connectivity index (χ1v) is 6.56. The number of anilines is 1. The van der Waals surface area contributed by atoms with Gasteiger partial charge >= 0.3 is 0 Å². The molecule has 3 aromatic rings. The van der Waals surface area contributed by atoms with Crippen LogP contribution in [0.2, 0.25) is 0 Å². The number of benzene rings is 2. The zero-order valence-electron chi connectivity index (χ0n) is 10.5. The second kappa shape index (κ2) is 5.48. The topological polar surface area (TPSA) is 88.8 Å². The van der Waals surface area contributed by atoms with Gasteiger partial charge in [0.2, 0.25) is 0 Å². The highest BCUT2D eigenvalue weighted by Gasteiger charge is 2.07. The van der Waals surface area contributed by atoms with Crippen LogP contribution in [0.15, 0.2) is 42.5 Å². The number of thiazole rings is 1. The summed E-state index contributed by atoms with van der Waals surface area (Å²) in [6.45, 7) is 0. The van der Waals surface area contributed by atoms with Crippen LogP contribution in [-0.2, 0) is 0 Å². The van der Waals surface area contributed by atoms with Gasteiger partial charge in [-0.25, -0.2) is 4.98 Å². The van der Waals surface area contributed by atoms with Crippen molar-refractivity contribution < 1.29 is 0 Å². The molecule has 102 valence electrons. The summed E-state index contributed by atoms with van der Waals surface area (Å²) in [5.41, 5.74) is 14.6. The van der Waals surface area contributed by atoms with Crippen LogP contribution >= 0.6 is 23.7 Å². The molecule has 0 aliphatic heterocycles. The standard InChI is InChI=1S/C14H12N4S.ClH/c15-10-5-6-11-12(7-10)19-14(18-11)9-3-1-8(2-4-9)13(16)17;/h1-7H,15H2,(H3,16,17);1H. The number of hydrogen-bond acceptors (Lipinski definition) is 4. The fourth-order valence-electron chi connectivity index (χ4n) is 1.86. The van der Waals surface area contributed by atoms with Crippen molar-refractivity contribution in [3.63, 3.8) is 0 Å². The molecule has 0 fully saturated rings. The van der Waals surface area contributed by atoms with Gasteiger partial charge in [0.1, 0.15) is 10.8 Å². The Labute approximate surface area is 126 Å². The molecule has 0 saturated carbocycles. The maximum absolute atomic E-state index is 7.37. The summed E-state index contributed by atoms with van der Waals surface area (Å²) in [4.78, 5) is 4.58. The van der Waals surface area contributed by atoms with Gasteiger partial charge in [-0.05, 0) is 18.2 Å². The minimum Gasteiger partial charge on any atom is -0.399 e. The molecule has 2 aromatic carbocycles. The smallest absolute Gasteiger partial charge is 0.124 e. The number of fused-ring (bicyclic) bond motifs is 1. The minimum atomic E-state index is 0. The summed E-state index contributed by atoms with van der Waals surface area (Å²) < 4.78 is 1.07. The lowest BCUT2D eigenvalue weighted by molar-refractivity contribution is 1.42. The molecule has 0 saturated heterocycles. The molecule has 0 aliphatic rings. The number of nitrogens with zero attached hydrogens (tertiary/aromatic N) is 1. The normalized spacial score (nSPS) is 10.2. The average molecular weight is 305 g/mol. The third-order valence-electron chi connectivity index (χ3n) is 2.86. The molecule has 0 unspecified atom stereocenters. The number of nitrogen functional groups attached to an aromatic ring is 2. The Kier molecular flexibility index (Phi) is 3.92. The van der Waals surface area contributed by atoms with Crippen LogP contribution in [0, 0.1) is 5.41 Å². The number of hydrogen-bond donors (Lipinski definition) is 3. The largest absolute Gasteiger partial charge is 0.399 e. The Bertz CT molecular complexity index is 764. The first kappa shape index (κ1) is 14.3. The second-order valence-corrected chi connectivity index (χ2v) is 5.27. The highest BCUT2D eigenvalue weighted by molar-refractivity contribution is 7.21. The van der Waals surface area contributed by atoms with E-state index in [0.29, 0.717) is 5.56 Å². The predicted octanol–water partition coefficient (Wildman–Crippen LogP) is 3.25. The molecular weight excluding hydrogens is 292 g/mol. The molecule has 20 heavy (non-hydrogen) atoms. The molecule has 3 rings (SSSR count). The molecule has 4 nitrogen and oxygen atoms in total. The van der Waals surface area contributed by atoms with E-state index in [2.05, 4.69) is 4.98 Å². The average Bonchev–Trinajstić information content (AvgIpc) is 2.81. The number of nitrogens with one attached hydrogen (secondary N) is 1. The van der Waals surface area contributed by atoms with E-state index < -0.39 is 0 Å². The van der Waals surface area contributed by atoms with E-state index in [1.165, 1.54) is 0 Å². The SMILES string of the molecule is Cl.N=C(N)c1ccc(-c2nc3ccc(N)cc3s2)cc1. The van der Waals surface area contributed by atoms with E-state index >= 15 is 0 Å². The zero-order valence-corrected chi connectivity index (χ0v) is 12.1. The van der Waals surface area contributed by atoms with E-state index in [-0.39, 0.29) is 18.2 Å².